The largest absolute Gasteiger partial charge is 0.481 e. The molecular weight excluding hydrogens is 284 g/mol. The molecule has 3 N–H and O–H groups in total. The molecule has 118 valence electrons. The van der Waals surface area contributed by atoms with Crippen molar-refractivity contribution in [2.75, 3.05) is 0 Å². The molecule has 1 fully saturated rings. The van der Waals surface area contributed by atoms with Crippen LogP contribution in [0.2, 0.25) is 0 Å². The van der Waals surface area contributed by atoms with Gasteiger partial charge in [0.05, 0.1) is 5.92 Å². The highest BCUT2D eigenvalue weighted by Gasteiger charge is 2.35. The first kappa shape index (κ1) is 16.0. The summed E-state index contributed by atoms with van der Waals surface area (Å²) in [6.45, 7) is 3.76. The second-order valence-electron chi connectivity index (χ2n) is 5.88. The van der Waals surface area contributed by atoms with Gasteiger partial charge in [0.25, 0.3) is 11.8 Å². The highest BCUT2D eigenvalue weighted by Crippen LogP contribution is 2.27. The zero-order valence-corrected chi connectivity index (χ0v) is 12.6. The molecule has 0 aliphatic heterocycles. The van der Waals surface area contributed by atoms with Crippen LogP contribution in [0.4, 0.5) is 0 Å². The van der Waals surface area contributed by atoms with Crippen LogP contribution in [-0.2, 0) is 4.79 Å². The van der Waals surface area contributed by atoms with Gasteiger partial charge in [-0.1, -0.05) is 0 Å². The van der Waals surface area contributed by atoms with Gasteiger partial charge in [-0.15, -0.1) is 0 Å². The summed E-state index contributed by atoms with van der Waals surface area (Å²) in [6, 6.07) is 6.37. The maximum absolute atomic E-state index is 12.0. The van der Waals surface area contributed by atoms with E-state index in [0.29, 0.717) is 24.0 Å². The quantitative estimate of drug-likeness (QED) is 0.766. The van der Waals surface area contributed by atoms with Crippen molar-refractivity contribution in [2.45, 2.75) is 38.8 Å². The van der Waals surface area contributed by atoms with Crippen molar-refractivity contribution in [3.8, 4) is 0 Å². The Morgan fingerprint density at radius 1 is 1.05 bits per heavy atom. The van der Waals surface area contributed by atoms with E-state index in [4.69, 9.17) is 5.11 Å². The summed E-state index contributed by atoms with van der Waals surface area (Å²) in [7, 11) is 0. The summed E-state index contributed by atoms with van der Waals surface area (Å²) in [5.74, 6) is -1.59. The van der Waals surface area contributed by atoms with Crippen LogP contribution in [0.15, 0.2) is 24.3 Å². The Morgan fingerprint density at radius 2 is 1.55 bits per heavy atom. The Morgan fingerprint density at radius 3 is 2.00 bits per heavy atom. The third-order valence-corrected chi connectivity index (χ3v) is 3.65. The molecule has 1 aromatic rings. The van der Waals surface area contributed by atoms with Crippen molar-refractivity contribution in [1.82, 2.24) is 10.6 Å². The van der Waals surface area contributed by atoms with Gasteiger partial charge in [0, 0.05) is 23.2 Å². The van der Waals surface area contributed by atoms with E-state index < -0.39 is 5.97 Å². The number of nitrogens with one attached hydrogen (secondary N) is 2. The van der Waals surface area contributed by atoms with Crippen molar-refractivity contribution in [2.24, 2.45) is 5.92 Å². The number of aliphatic carboxylic acids is 1. The van der Waals surface area contributed by atoms with Gasteiger partial charge in [0.2, 0.25) is 0 Å². The van der Waals surface area contributed by atoms with Crippen molar-refractivity contribution in [3.63, 3.8) is 0 Å². The second-order valence-corrected chi connectivity index (χ2v) is 5.88. The number of carboxylic acids is 1. The van der Waals surface area contributed by atoms with Gasteiger partial charge >= 0.3 is 5.97 Å². The molecule has 6 heteroatoms. The third-order valence-electron chi connectivity index (χ3n) is 3.65. The van der Waals surface area contributed by atoms with Gasteiger partial charge < -0.3 is 15.7 Å². The van der Waals surface area contributed by atoms with E-state index in [-0.39, 0.29) is 29.8 Å². The molecule has 1 aromatic carbocycles. The van der Waals surface area contributed by atoms with Crippen molar-refractivity contribution in [1.29, 1.82) is 0 Å². The number of rotatable bonds is 5. The highest BCUT2D eigenvalue weighted by molar-refractivity contribution is 5.98. The predicted molar refractivity (Wildman–Crippen MR) is 80.7 cm³/mol. The predicted octanol–water partition coefficient (Wildman–Crippen LogP) is 1.42. The average molecular weight is 304 g/mol. The fraction of sp³-hybridized carbons (Fsp3) is 0.438. The lowest BCUT2D eigenvalue weighted by molar-refractivity contribution is -0.145. The normalized spacial score (nSPS) is 20.1. The van der Waals surface area contributed by atoms with Gasteiger partial charge in [-0.25, -0.2) is 0 Å². The summed E-state index contributed by atoms with van der Waals surface area (Å²) < 4.78 is 0. The molecule has 6 nitrogen and oxygen atoms in total. The molecule has 2 amide bonds. The fourth-order valence-electron chi connectivity index (χ4n) is 2.32. The van der Waals surface area contributed by atoms with Gasteiger partial charge in [-0.3, -0.25) is 14.4 Å². The molecule has 0 atom stereocenters. The molecular formula is C16H20N2O4. The maximum Gasteiger partial charge on any atom is 0.306 e. The molecule has 0 saturated heterocycles. The van der Waals surface area contributed by atoms with Crippen LogP contribution in [0, 0.1) is 5.92 Å². The maximum atomic E-state index is 12.0. The zero-order chi connectivity index (χ0) is 16.3. The summed E-state index contributed by atoms with van der Waals surface area (Å²) in [5, 5.41) is 14.4. The first-order chi connectivity index (χ1) is 10.4. The highest BCUT2D eigenvalue weighted by atomic mass is 16.4. The summed E-state index contributed by atoms with van der Waals surface area (Å²) in [6.07, 6.45) is 0.936. The first-order valence-corrected chi connectivity index (χ1v) is 7.31. The SMILES string of the molecule is CC(C)NC(=O)c1ccc(C(=O)NC2CC(C(=O)O)C2)cc1. The van der Waals surface area contributed by atoms with Gasteiger partial charge in [0.15, 0.2) is 0 Å². The van der Waals surface area contributed by atoms with Crippen LogP contribution in [0.3, 0.4) is 0 Å². The molecule has 0 radical (unpaired) electrons. The number of carboxylic acid groups (broad SMARTS) is 1. The standard InChI is InChI=1S/C16H20N2O4/c1-9(2)17-14(19)10-3-5-11(6-4-10)15(20)18-13-7-12(8-13)16(21)22/h3-6,9,12-13H,7-8H2,1-2H3,(H,17,19)(H,18,20)(H,21,22). The minimum Gasteiger partial charge on any atom is -0.481 e. The number of amides is 2. The molecule has 1 aliphatic carbocycles. The van der Waals surface area contributed by atoms with Crippen LogP contribution in [0.5, 0.6) is 0 Å². The third kappa shape index (κ3) is 3.84. The van der Waals surface area contributed by atoms with Crippen molar-refractivity contribution >= 4 is 17.8 Å². The molecule has 1 aliphatic rings. The van der Waals surface area contributed by atoms with E-state index in [9.17, 15) is 14.4 Å². The van der Waals surface area contributed by atoms with E-state index in [1.165, 1.54) is 0 Å². The number of hydrogen-bond acceptors (Lipinski definition) is 3. The van der Waals surface area contributed by atoms with Gasteiger partial charge in [0.1, 0.15) is 0 Å². The van der Waals surface area contributed by atoms with E-state index in [1.807, 2.05) is 13.8 Å². The van der Waals surface area contributed by atoms with Crippen molar-refractivity contribution < 1.29 is 19.5 Å². The molecule has 2 rings (SSSR count). The fourth-order valence-corrected chi connectivity index (χ4v) is 2.32. The van der Waals surface area contributed by atoms with E-state index >= 15 is 0 Å². The molecule has 0 spiro atoms. The van der Waals surface area contributed by atoms with E-state index in [1.54, 1.807) is 24.3 Å². The number of hydrogen-bond donors (Lipinski definition) is 3. The number of carbonyl (C=O) groups excluding carboxylic acids is 2. The minimum absolute atomic E-state index is 0.0521. The topological polar surface area (TPSA) is 95.5 Å². The molecule has 0 aromatic heterocycles. The minimum atomic E-state index is -0.814. The molecule has 22 heavy (non-hydrogen) atoms. The Kier molecular flexibility index (Phi) is 4.80. The van der Waals surface area contributed by atoms with Crippen LogP contribution in [-0.4, -0.2) is 35.0 Å². The Hall–Kier alpha value is -2.37. The summed E-state index contributed by atoms with van der Waals surface area (Å²) in [5.41, 5.74) is 0.958. The number of benzene rings is 1. The first-order valence-electron chi connectivity index (χ1n) is 7.31. The van der Waals surface area contributed by atoms with Gasteiger partial charge in [-0.05, 0) is 51.0 Å². The van der Waals surface area contributed by atoms with Crippen molar-refractivity contribution in [3.05, 3.63) is 35.4 Å². The van der Waals surface area contributed by atoms with Crippen LogP contribution in [0.1, 0.15) is 47.4 Å². The molecule has 1 saturated carbocycles. The average Bonchev–Trinajstić information content (AvgIpc) is 2.41. The Balaban J connectivity index is 1.89. The number of carbonyl (C=O) groups is 3. The Bertz CT molecular complexity index is 574. The molecule has 0 unspecified atom stereocenters. The monoisotopic (exact) mass is 304 g/mol. The molecule has 0 heterocycles. The Labute approximate surface area is 128 Å². The van der Waals surface area contributed by atoms with Crippen LogP contribution < -0.4 is 10.6 Å². The zero-order valence-electron chi connectivity index (χ0n) is 12.6. The van der Waals surface area contributed by atoms with E-state index in [0.717, 1.165) is 0 Å². The van der Waals surface area contributed by atoms with Gasteiger partial charge in [-0.2, -0.15) is 0 Å². The lowest BCUT2D eigenvalue weighted by Crippen LogP contribution is -2.46. The van der Waals surface area contributed by atoms with E-state index in [2.05, 4.69) is 10.6 Å². The summed E-state index contributed by atoms with van der Waals surface area (Å²) >= 11 is 0. The summed E-state index contributed by atoms with van der Waals surface area (Å²) in [4.78, 5) is 34.5. The van der Waals surface area contributed by atoms with Crippen LogP contribution >= 0.6 is 0 Å². The molecule has 0 bridgehead atoms. The second kappa shape index (κ2) is 6.60. The lowest BCUT2D eigenvalue weighted by atomic mass is 9.80. The smallest absolute Gasteiger partial charge is 0.306 e. The van der Waals surface area contributed by atoms with Crippen LogP contribution in [0.25, 0.3) is 0 Å². The lowest BCUT2D eigenvalue weighted by Gasteiger charge is -2.32.